The number of hydrogen-bond donors (Lipinski definition) is 2. The Kier molecular flexibility index (Phi) is 4.43. The highest BCUT2D eigenvalue weighted by molar-refractivity contribution is 5.66. The highest BCUT2D eigenvalue weighted by Gasteiger charge is 2.22. The van der Waals surface area contributed by atoms with Gasteiger partial charge in [0.2, 0.25) is 0 Å². The van der Waals surface area contributed by atoms with Crippen LogP contribution >= 0.6 is 0 Å². The van der Waals surface area contributed by atoms with Crippen molar-refractivity contribution in [3.8, 4) is 5.75 Å². The fraction of sp³-hybridized carbons (Fsp3) is 0.533. The van der Waals surface area contributed by atoms with Crippen LogP contribution in [0.3, 0.4) is 0 Å². The molecule has 2 rings (SSSR count). The molecule has 19 heavy (non-hydrogen) atoms. The SMILES string of the molecule is COc1cc(CCCCC(=O)O)c2c(c1)CC(N)C2. The number of benzene rings is 1. The second-order valence-electron chi connectivity index (χ2n) is 5.19. The van der Waals surface area contributed by atoms with Gasteiger partial charge in [-0.3, -0.25) is 4.79 Å². The van der Waals surface area contributed by atoms with Crippen LogP contribution in [0.4, 0.5) is 0 Å². The number of carboxylic acids is 1. The first-order chi connectivity index (χ1) is 9.10. The summed E-state index contributed by atoms with van der Waals surface area (Å²) in [6, 6.07) is 4.35. The maximum atomic E-state index is 10.5. The smallest absolute Gasteiger partial charge is 0.303 e. The molecule has 0 aromatic heterocycles. The first kappa shape index (κ1) is 13.9. The quantitative estimate of drug-likeness (QED) is 0.769. The monoisotopic (exact) mass is 263 g/mol. The Hall–Kier alpha value is -1.55. The molecule has 1 aromatic rings. The van der Waals surface area contributed by atoms with Gasteiger partial charge in [-0.15, -0.1) is 0 Å². The second kappa shape index (κ2) is 6.06. The van der Waals surface area contributed by atoms with Gasteiger partial charge in [0.25, 0.3) is 0 Å². The lowest BCUT2D eigenvalue weighted by Gasteiger charge is -2.11. The molecular formula is C15H21NO3. The number of aryl methyl sites for hydroxylation is 1. The van der Waals surface area contributed by atoms with Crippen molar-refractivity contribution in [1.29, 1.82) is 0 Å². The van der Waals surface area contributed by atoms with Gasteiger partial charge in [0.15, 0.2) is 0 Å². The van der Waals surface area contributed by atoms with Crippen molar-refractivity contribution in [3.05, 3.63) is 28.8 Å². The Morgan fingerprint density at radius 3 is 2.89 bits per heavy atom. The van der Waals surface area contributed by atoms with Crippen LogP contribution in [0, 0.1) is 0 Å². The summed E-state index contributed by atoms with van der Waals surface area (Å²) in [6.45, 7) is 0. The highest BCUT2D eigenvalue weighted by Crippen LogP contribution is 2.30. The molecule has 4 nitrogen and oxygen atoms in total. The third-order valence-electron chi connectivity index (χ3n) is 3.68. The van der Waals surface area contributed by atoms with Gasteiger partial charge in [0.05, 0.1) is 7.11 Å². The summed E-state index contributed by atoms with van der Waals surface area (Å²) in [5.41, 5.74) is 9.93. The number of methoxy groups -OCH3 is 1. The number of fused-ring (bicyclic) bond motifs is 1. The molecule has 0 bridgehead atoms. The predicted molar refractivity (Wildman–Crippen MR) is 73.6 cm³/mol. The van der Waals surface area contributed by atoms with Gasteiger partial charge >= 0.3 is 5.97 Å². The lowest BCUT2D eigenvalue weighted by molar-refractivity contribution is -0.137. The molecule has 0 fully saturated rings. The molecule has 3 N–H and O–H groups in total. The number of carbonyl (C=O) groups is 1. The Morgan fingerprint density at radius 1 is 1.42 bits per heavy atom. The van der Waals surface area contributed by atoms with Crippen molar-refractivity contribution in [2.75, 3.05) is 7.11 Å². The molecule has 0 heterocycles. The molecule has 1 aliphatic carbocycles. The number of rotatable bonds is 6. The van der Waals surface area contributed by atoms with Crippen LogP contribution in [0.25, 0.3) is 0 Å². The van der Waals surface area contributed by atoms with Crippen LogP contribution < -0.4 is 10.5 Å². The Bertz CT molecular complexity index is 471. The molecule has 1 aromatic carbocycles. The van der Waals surface area contributed by atoms with E-state index in [4.69, 9.17) is 15.6 Å². The minimum atomic E-state index is -0.724. The van der Waals surface area contributed by atoms with Crippen molar-refractivity contribution >= 4 is 5.97 Å². The van der Waals surface area contributed by atoms with E-state index in [9.17, 15) is 4.79 Å². The van der Waals surface area contributed by atoms with Crippen LogP contribution in [0.5, 0.6) is 5.75 Å². The van der Waals surface area contributed by atoms with Crippen molar-refractivity contribution in [1.82, 2.24) is 0 Å². The van der Waals surface area contributed by atoms with E-state index in [1.165, 1.54) is 16.7 Å². The van der Waals surface area contributed by atoms with Crippen LogP contribution in [-0.2, 0) is 24.1 Å². The van der Waals surface area contributed by atoms with Gasteiger partial charge in [-0.25, -0.2) is 0 Å². The van der Waals surface area contributed by atoms with Crippen LogP contribution in [0.1, 0.15) is 36.0 Å². The lowest BCUT2D eigenvalue weighted by atomic mass is 9.98. The number of carboxylic acid groups (broad SMARTS) is 1. The summed E-state index contributed by atoms with van der Waals surface area (Å²) in [5.74, 6) is 0.152. The molecule has 1 aliphatic rings. The number of hydrogen-bond acceptors (Lipinski definition) is 3. The molecule has 104 valence electrons. The van der Waals surface area contributed by atoms with Gasteiger partial charge in [0.1, 0.15) is 5.75 Å². The largest absolute Gasteiger partial charge is 0.497 e. The first-order valence-electron chi connectivity index (χ1n) is 6.76. The van der Waals surface area contributed by atoms with E-state index < -0.39 is 5.97 Å². The molecule has 0 amide bonds. The van der Waals surface area contributed by atoms with Gasteiger partial charge in [-0.2, -0.15) is 0 Å². The average Bonchev–Trinajstić information content (AvgIpc) is 2.74. The molecular weight excluding hydrogens is 242 g/mol. The summed E-state index contributed by atoms with van der Waals surface area (Å²) in [5, 5.41) is 8.65. The van der Waals surface area contributed by atoms with Gasteiger partial charge < -0.3 is 15.6 Å². The fourth-order valence-electron chi connectivity index (χ4n) is 2.76. The Morgan fingerprint density at radius 2 is 2.21 bits per heavy atom. The zero-order chi connectivity index (χ0) is 13.8. The van der Waals surface area contributed by atoms with Crippen LogP contribution in [0.2, 0.25) is 0 Å². The van der Waals surface area contributed by atoms with E-state index >= 15 is 0 Å². The molecule has 1 atom stereocenters. The van der Waals surface area contributed by atoms with Crippen LogP contribution in [0.15, 0.2) is 12.1 Å². The maximum Gasteiger partial charge on any atom is 0.303 e. The normalized spacial score (nSPS) is 17.3. The molecule has 0 aliphatic heterocycles. The number of unbranched alkanes of at least 4 members (excludes halogenated alkanes) is 1. The van der Waals surface area contributed by atoms with Crippen molar-refractivity contribution in [2.24, 2.45) is 5.73 Å². The summed E-state index contributed by atoms with van der Waals surface area (Å²) in [7, 11) is 1.67. The van der Waals surface area contributed by atoms with Crippen molar-refractivity contribution in [2.45, 2.75) is 44.6 Å². The Labute approximate surface area is 113 Å². The zero-order valence-corrected chi connectivity index (χ0v) is 11.3. The van der Waals surface area contributed by atoms with Crippen molar-refractivity contribution < 1.29 is 14.6 Å². The molecule has 0 radical (unpaired) electrons. The molecule has 4 heteroatoms. The fourth-order valence-corrected chi connectivity index (χ4v) is 2.76. The van der Waals surface area contributed by atoms with E-state index in [1.807, 2.05) is 0 Å². The van der Waals surface area contributed by atoms with Gasteiger partial charge in [-0.1, -0.05) is 0 Å². The standard InChI is InChI=1S/C15H21NO3/c1-19-13-7-10(4-2-3-5-15(17)18)14-9-12(16)6-11(14)8-13/h7-8,12H,2-6,9,16H2,1H3,(H,17,18). The molecule has 1 unspecified atom stereocenters. The van der Waals surface area contributed by atoms with Gasteiger partial charge in [0, 0.05) is 12.5 Å². The first-order valence-corrected chi connectivity index (χ1v) is 6.76. The third-order valence-corrected chi connectivity index (χ3v) is 3.68. The van der Waals surface area contributed by atoms with E-state index in [2.05, 4.69) is 12.1 Å². The highest BCUT2D eigenvalue weighted by atomic mass is 16.5. The molecule has 0 saturated carbocycles. The van der Waals surface area contributed by atoms with Gasteiger partial charge in [-0.05, 0) is 60.9 Å². The summed E-state index contributed by atoms with van der Waals surface area (Å²) in [4.78, 5) is 10.5. The molecule has 0 spiro atoms. The Balaban J connectivity index is 2.07. The minimum absolute atomic E-state index is 0.208. The summed E-state index contributed by atoms with van der Waals surface area (Å²) in [6.07, 6.45) is 4.59. The lowest BCUT2D eigenvalue weighted by Crippen LogP contribution is -2.19. The van der Waals surface area contributed by atoms with E-state index in [0.717, 1.165) is 31.4 Å². The van der Waals surface area contributed by atoms with E-state index in [0.29, 0.717) is 6.42 Å². The summed E-state index contributed by atoms with van der Waals surface area (Å²) >= 11 is 0. The minimum Gasteiger partial charge on any atom is -0.497 e. The predicted octanol–water partition coefficient (Wildman–Crippen LogP) is 1.92. The molecule has 0 saturated heterocycles. The van der Waals surface area contributed by atoms with E-state index in [1.54, 1.807) is 7.11 Å². The van der Waals surface area contributed by atoms with E-state index in [-0.39, 0.29) is 12.5 Å². The number of aliphatic carboxylic acids is 1. The third kappa shape index (κ3) is 3.47. The topological polar surface area (TPSA) is 72.5 Å². The number of nitrogens with two attached hydrogens (primary N) is 1. The van der Waals surface area contributed by atoms with Crippen molar-refractivity contribution in [3.63, 3.8) is 0 Å². The average molecular weight is 263 g/mol. The maximum absolute atomic E-state index is 10.5. The zero-order valence-electron chi connectivity index (χ0n) is 11.3. The number of ether oxygens (including phenoxy) is 1. The second-order valence-corrected chi connectivity index (χ2v) is 5.19. The van der Waals surface area contributed by atoms with Crippen LogP contribution in [-0.4, -0.2) is 24.2 Å². The summed E-state index contributed by atoms with van der Waals surface area (Å²) < 4.78 is 5.32.